The summed E-state index contributed by atoms with van der Waals surface area (Å²) in [4.78, 5) is 2.46. The van der Waals surface area contributed by atoms with E-state index < -0.39 is 0 Å². The van der Waals surface area contributed by atoms with E-state index in [4.69, 9.17) is 0 Å². The van der Waals surface area contributed by atoms with Gasteiger partial charge in [-0.3, -0.25) is 0 Å². The highest BCUT2D eigenvalue weighted by molar-refractivity contribution is 5.48. The average Bonchev–Trinajstić information content (AvgIpc) is 2.17. The standard InChI is InChI=1S/C13H20N2/c1-10-4-6-13(7-5-10)15-8-11(2)14-12(3)9-15/h4-7,11-12,14H,8-9H2,1-3H3. The van der Waals surface area contributed by atoms with E-state index in [2.05, 4.69) is 55.3 Å². The molecular formula is C13H20N2. The summed E-state index contributed by atoms with van der Waals surface area (Å²) in [5.41, 5.74) is 2.68. The zero-order valence-corrected chi connectivity index (χ0v) is 9.83. The van der Waals surface area contributed by atoms with Crippen LogP contribution in [0.3, 0.4) is 0 Å². The number of nitrogens with one attached hydrogen (secondary N) is 1. The van der Waals surface area contributed by atoms with Gasteiger partial charge in [0.25, 0.3) is 0 Å². The zero-order valence-electron chi connectivity index (χ0n) is 9.83. The van der Waals surface area contributed by atoms with Crippen LogP contribution in [0.15, 0.2) is 24.3 Å². The van der Waals surface area contributed by atoms with Gasteiger partial charge in [-0.15, -0.1) is 0 Å². The van der Waals surface area contributed by atoms with Gasteiger partial charge < -0.3 is 10.2 Å². The van der Waals surface area contributed by atoms with Crippen LogP contribution in [0.5, 0.6) is 0 Å². The Kier molecular flexibility index (Phi) is 2.96. The molecule has 0 saturated carbocycles. The van der Waals surface area contributed by atoms with Gasteiger partial charge in [-0.1, -0.05) is 17.7 Å². The molecule has 2 atom stereocenters. The van der Waals surface area contributed by atoms with Gasteiger partial charge in [-0.2, -0.15) is 0 Å². The summed E-state index contributed by atoms with van der Waals surface area (Å²) in [6, 6.07) is 9.98. The van der Waals surface area contributed by atoms with Crippen LogP contribution < -0.4 is 10.2 Å². The first-order valence-electron chi connectivity index (χ1n) is 5.73. The molecule has 0 aliphatic carbocycles. The van der Waals surface area contributed by atoms with Crippen LogP contribution in [0, 0.1) is 6.92 Å². The first kappa shape index (κ1) is 10.5. The molecule has 2 rings (SSSR count). The van der Waals surface area contributed by atoms with Gasteiger partial charge in [0.15, 0.2) is 0 Å². The lowest BCUT2D eigenvalue weighted by Crippen LogP contribution is -2.54. The molecule has 1 heterocycles. The second-order valence-corrected chi connectivity index (χ2v) is 4.71. The van der Waals surface area contributed by atoms with Crippen molar-refractivity contribution in [3.63, 3.8) is 0 Å². The number of piperazine rings is 1. The predicted molar refractivity (Wildman–Crippen MR) is 65.5 cm³/mol. The van der Waals surface area contributed by atoms with Gasteiger partial charge in [-0.05, 0) is 32.9 Å². The third kappa shape index (κ3) is 2.51. The molecule has 1 aromatic carbocycles. The van der Waals surface area contributed by atoms with Crippen molar-refractivity contribution in [3.8, 4) is 0 Å². The molecule has 0 amide bonds. The minimum Gasteiger partial charge on any atom is -0.368 e. The van der Waals surface area contributed by atoms with E-state index in [0.717, 1.165) is 13.1 Å². The summed E-state index contributed by atoms with van der Waals surface area (Å²) < 4.78 is 0. The Balaban J connectivity index is 2.12. The number of nitrogens with zero attached hydrogens (tertiary/aromatic N) is 1. The smallest absolute Gasteiger partial charge is 0.0367 e. The molecule has 2 unspecified atom stereocenters. The van der Waals surface area contributed by atoms with Gasteiger partial charge in [0.1, 0.15) is 0 Å². The first-order valence-corrected chi connectivity index (χ1v) is 5.73. The topological polar surface area (TPSA) is 15.3 Å². The molecule has 1 aliphatic rings. The fourth-order valence-electron chi connectivity index (χ4n) is 2.29. The van der Waals surface area contributed by atoms with Crippen molar-refractivity contribution in [2.24, 2.45) is 0 Å². The van der Waals surface area contributed by atoms with Crippen LogP contribution in [-0.2, 0) is 0 Å². The molecule has 1 fully saturated rings. The van der Waals surface area contributed by atoms with Crippen LogP contribution in [0.4, 0.5) is 5.69 Å². The van der Waals surface area contributed by atoms with E-state index in [0.29, 0.717) is 12.1 Å². The Hall–Kier alpha value is -1.02. The highest BCUT2D eigenvalue weighted by Crippen LogP contribution is 2.18. The van der Waals surface area contributed by atoms with E-state index >= 15 is 0 Å². The molecule has 1 N–H and O–H groups in total. The highest BCUT2D eigenvalue weighted by Gasteiger charge is 2.20. The van der Waals surface area contributed by atoms with Crippen molar-refractivity contribution in [1.29, 1.82) is 0 Å². The van der Waals surface area contributed by atoms with Crippen molar-refractivity contribution in [3.05, 3.63) is 29.8 Å². The van der Waals surface area contributed by atoms with Crippen LogP contribution in [0.2, 0.25) is 0 Å². The Bertz CT molecular complexity index is 308. The molecule has 82 valence electrons. The van der Waals surface area contributed by atoms with Gasteiger partial charge in [0.2, 0.25) is 0 Å². The van der Waals surface area contributed by atoms with E-state index in [-0.39, 0.29) is 0 Å². The third-order valence-corrected chi connectivity index (χ3v) is 2.96. The van der Waals surface area contributed by atoms with Crippen molar-refractivity contribution in [1.82, 2.24) is 5.32 Å². The van der Waals surface area contributed by atoms with E-state index in [1.807, 2.05) is 0 Å². The quantitative estimate of drug-likeness (QED) is 0.754. The van der Waals surface area contributed by atoms with Crippen molar-refractivity contribution < 1.29 is 0 Å². The normalized spacial score (nSPS) is 26.7. The monoisotopic (exact) mass is 204 g/mol. The second kappa shape index (κ2) is 4.23. The number of anilines is 1. The Morgan fingerprint density at radius 2 is 1.60 bits per heavy atom. The molecule has 15 heavy (non-hydrogen) atoms. The summed E-state index contributed by atoms with van der Waals surface area (Å²) in [6.07, 6.45) is 0. The molecule has 2 nitrogen and oxygen atoms in total. The molecule has 0 radical (unpaired) electrons. The number of hydrogen-bond acceptors (Lipinski definition) is 2. The van der Waals surface area contributed by atoms with Crippen LogP contribution in [0.25, 0.3) is 0 Å². The maximum absolute atomic E-state index is 3.55. The zero-order chi connectivity index (χ0) is 10.8. The summed E-state index contributed by atoms with van der Waals surface area (Å²) in [7, 11) is 0. The van der Waals surface area contributed by atoms with E-state index in [9.17, 15) is 0 Å². The lowest BCUT2D eigenvalue weighted by Gasteiger charge is -2.37. The average molecular weight is 204 g/mol. The van der Waals surface area contributed by atoms with Crippen LogP contribution in [0.1, 0.15) is 19.4 Å². The molecule has 0 bridgehead atoms. The minimum absolute atomic E-state index is 0.579. The van der Waals surface area contributed by atoms with Gasteiger partial charge in [0, 0.05) is 30.9 Å². The molecular weight excluding hydrogens is 184 g/mol. The second-order valence-electron chi connectivity index (χ2n) is 4.71. The van der Waals surface area contributed by atoms with Crippen LogP contribution in [-0.4, -0.2) is 25.2 Å². The van der Waals surface area contributed by atoms with Crippen LogP contribution >= 0.6 is 0 Å². The highest BCUT2D eigenvalue weighted by atomic mass is 15.2. The van der Waals surface area contributed by atoms with Crippen molar-refractivity contribution in [2.45, 2.75) is 32.9 Å². The van der Waals surface area contributed by atoms with Crippen molar-refractivity contribution >= 4 is 5.69 Å². The number of aryl methyl sites for hydroxylation is 1. The lowest BCUT2D eigenvalue weighted by atomic mass is 10.1. The number of benzene rings is 1. The molecule has 1 aromatic rings. The van der Waals surface area contributed by atoms with E-state index in [1.54, 1.807) is 0 Å². The summed E-state index contributed by atoms with van der Waals surface area (Å²) in [5, 5.41) is 3.55. The Morgan fingerprint density at radius 3 is 2.13 bits per heavy atom. The fraction of sp³-hybridized carbons (Fsp3) is 0.538. The molecule has 0 spiro atoms. The van der Waals surface area contributed by atoms with E-state index in [1.165, 1.54) is 11.3 Å². The fourth-order valence-corrected chi connectivity index (χ4v) is 2.29. The summed E-state index contributed by atoms with van der Waals surface area (Å²) in [6.45, 7) is 8.83. The maximum atomic E-state index is 3.55. The number of hydrogen-bond donors (Lipinski definition) is 1. The predicted octanol–water partition coefficient (Wildman–Crippen LogP) is 2.18. The molecule has 0 aromatic heterocycles. The maximum Gasteiger partial charge on any atom is 0.0367 e. The third-order valence-electron chi connectivity index (χ3n) is 2.96. The van der Waals surface area contributed by atoms with Crippen molar-refractivity contribution in [2.75, 3.05) is 18.0 Å². The molecule has 1 aliphatic heterocycles. The Morgan fingerprint density at radius 1 is 1.07 bits per heavy atom. The molecule has 1 saturated heterocycles. The summed E-state index contributed by atoms with van der Waals surface area (Å²) in [5.74, 6) is 0. The van der Waals surface area contributed by atoms with Gasteiger partial charge >= 0.3 is 0 Å². The number of rotatable bonds is 1. The minimum atomic E-state index is 0.579. The van der Waals surface area contributed by atoms with Gasteiger partial charge in [0.05, 0.1) is 0 Å². The lowest BCUT2D eigenvalue weighted by molar-refractivity contribution is 0.407. The Labute approximate surface area is 92.3 Å². The molecule has 2 heteroatoms. The van der Waals surface area contributed by atoms with Gasteiger partial charge in [-0.25, -0.2) is 0 Å². The largest absolute Gasteiger partial charge is 0.368 e. The first-order chi connectivity index (χ1) is 7.15. The summed E-state index contributed by atoms with van der Waals surface area (Å²) >= 11 is 0. The SMILES string of the molecule is Cc1ccc(N2CC(C)NC(C)C2)cc1.